The zero-order valence-corrected chi connectivity index (χ0v) is 18.6. The van der Waals surface area contributed by atoms with Crippen LogP contribution in [0, 0.1) is 0 Å². The molecule has 0 radical (unpaired) electrons. The predicted octanol–water partition coefficient (Wildman–Crippen LogP) is 5.26. The predicted molar refractivity (Wildman–Crippen MR) is 119 cm³/mol. The van der Waals surface area contributed by atoms with Crippen LogP contribution in [-0.2, 0) is 22.6 Å². The summed E-state index contributed by atoms with van der Waals surface area (Å²) >= 11 is 12.1. The van der Waals surface area contributed by atoms with Gasteiger partial charge in [-0.2, -0.15) is 0 Å². The van der Waals surface area contributed by atoms with Gasteiger partial charge in [0, 0.05) is 19.0 Å². The maximum absolute atomic E-state index is 13.1. The van der Waals surface area contributed by atoms with Crippen molar-refractivity contribution in [2.45, 2.75) is 58.7 Å². The monoisotopic (exact) mass is 434 g/mol. The number of nitrogens with zero attached hydrogens (tertiary/aromatic N) is 1. The zero-order valence-electron chi connectivity index (χ0n) is 17.1. The summed E-state index contributed by atoms with van der Waals surface area (Å²) in [6, 6.07) is 14.6. The Labute approximate surface area is 183 Å². The van der Waals surface area contributed by atoms with E-state index in [0.29, 0.717) is 29.4 Å². The molecule has 2 aromatic rings. The van der Waals surface area contributed by atoms with Gasteiger partial charge in [-0.15, -0.1) is 0 Å². The summed E-state index contributed by atoms with van der Waals surface area (Å²) in [5.74, 6) is -0.237. The molecule has 0 aliphatic heterocycles. The van der Waals surface area contributed by atoms with Gasteiger partial charge in [0.1, 0.15) is 6.04 Å². The highest BCUT2D eigenvalue weighted by Gasteiger charge is 2.26. The topological polar surface area (TPSA) is 49.4 Å². The van der Waals surface area contributed by atoms with E-state index in [1.165, 1.54) is 0 Å². The number of hydrogen-bond acceptors (Lipinski definition) is 2. The van der Waals surface area contributed by atoms with Crippen LogP contribution in [0.4, 0.5) is 0 Å². The molecule has 0 saturated heterocycles. The second-order valence-electron chi connectivity index (χ2n) is 7.25. The van der Waals surface area contributed by atoms with E-state index in [9.17, 15) is 9.59 Å². The molecule has 0 spiro atoms. The molecule has 0 saturated carbocycles. The van der Waals surface area contributed by atoms with Crippen molar-refractivity contribution >= 4 is 35.0 Å². The van der Waals surface area contributed by atoms with E-state index in [-0.39, 0.29) is 17.9 Å². The number of halogens is 2. The molecule has 0 fully saturated rings. The van der Waals surface area contributed by atoms with Crippen LogP contribution < -0.4 is 5.32 Å². The molecule has 0 aromatic heterocycles. The maximum Gasteiger partial charge on any atom is 0.242 e. The van der Waals surface area contributed by atoms with Gasteiger partial charge >= 0.3 is 0 Å². The summed E-state index contributed by atoms with van der Waals surface area (Å²) in [6.07, 6.45) is 1.77. The van der Waals surface area contributed by atoms with Crippen LogP contribution in [0.3, 0.4) is 0 Å². The summed E-state index contributed by atoms with van der Waals surface area (Å²) in [7, 11) is 0. The Hall–Kier alpha value is -2.04. The van der Waals surface area contributed by atoms with E-state index in [1.54, 1.807) is 24.0 Å². The molecule has 2 unspecified atom stereocenters. The first-order valence-corrected chi connectivity index (χ1v) is 10.6. The van der Waals surface area contributed by atoms with Gasteiger partial charge in [-0.3, -0.25) is 9.59 Å². The van der Waals surface area contributed by atoms with E-state index < -0.39 is 6.04 Å². The summed E-state index contributed by atoms with van der Waals surface area (Å²) in [4.78, 5) is 27.4. The number of rotatable bonds is 9. The lowest BCUT2D eigenvalue weighted by Crippen LogP contribution is -2.49. The fraction of sp³-hybridized carbons (Fsp3) is 0.391. The molecule has 6 heteroatoms. The lowest BCUT2D eigenvalue weighted by molar-refractivity contribution is -0.140. The second kappa shape index (κ2) is 11.2. The van der Waals surface area contributed by atoms with Crippen LogP contribution in [-0.4, -0.2) is 28.8 Å². The van der Waals surface area contributed by atoms with Crippen LogP contribution in [0.1, 0.15) is 44.7 Å². The molecule has 0 aliphatic rings. The highest BCUT2D eigenvalue weighted by Crippen LogP contribution is 2.24. The molecular weight excluding hydrogens is 407 g/mol. The summed E-state index contributed by atoms with van der Waals surface area (Å²) < 4.78 is 0. The third-order valence-corrected chi connectivity index (χ3v) is 5.71. The molecule has 156 valence electrons. The number of carbonyl (C=O) groups is 2. The van der Waals surface area contributed by atoms with Crippen LogP contribution in [0.25, 0.3) is 0 Å². The van der Waals surface area contributed by atoms with E-state index in [4.69, 9.17) is 23.2 Å². The molecule has 4 nitrogen and oxygen atoms in total. The molecule has 0 heterocycles. The van der Waals surface area contributed by atoms with Crippen molar-refractivity contribution in [3.63, 3.8) is 0 Å². The zero-order chi connectivity index (χ0) is 21.4. The Bertz CT molecular complexity index is 827. The van der Waals surface area contributed by atoms with Gasteiger partial charge < -0.3 is 10.2 Å². The first-order chi connectivity index (χ1) is 13.8. The average molecular weight is 435 g/mol. The second-order valence-corrected chi connectivity index (χ2v) is 8.06. The van der Waals surface area contributed by atoms with Crippen molar-refractivity contribution in [1.29, 1.82) is 0 Å². The number of aryl methyl sites for hydroxylation is 1. The van der Waals surface area contributed by atoms with Crippen LogP contribution in [0.15, 0.2) is 48.5 Å². The fourth-order valence-electron chi connectivity index (χ4n) is 2.92. The molecule has 0 bridgehead atoms. The molecule has 2 atom stereocenters. The number of hydrogen-bond donors (Lipinski definition) is 1. The summed E-state index contributed by atoms with van der Waals surface area (Å²) in [5, 5.41) is 3.85. The summed E-state index contributed by atoms with van der Waals surface area (Å²) in [5.41, 5.74) is 1.92. The van der Waals surface area contributed by atoms with Crippen molar-refractivity contribution in [1.82, 2.24) is 10.2 Å². The minimum atomic E-state index is -0.596. The van der Waals surface area contributed by atoms with Gasteiger partial charge in [-0.05, 0) is 49.9 Å². The Morgan fingerprint density at radius 1 is 1.00 bits per heavy atom. The van der Waals surface area contributed by atoms with Crippen LogP contribution >= 0.6 is 23.2 Å². The standard InChI is InChI=1S/C23H28Cl2N2O2/c1-4-16(2)26-23(29)17(3)27(15-19-10-12-20(24)21(25)14-19)22(28)13-11-18-8-6-5-7-9-18/h5-10,12,14,16-17H,4,11,13,15H2,1-3H3,(H,26,29). The normalized spacial score (nSPS) is 12.9. The Balaban J connectivity index is 2.17. The molecular formula is C23H28Cl2N2O2. The third-order valence-electron chi connectivity index (χ3n) is 4.98. The maximum atomic E-state index is 13.1. The number of carbonyl (C=O) groups excluding carboxylic acids is 2. The van der Waals surface area contributed by atoms with Gasteiger partial charge in [0.05, 0.1) is 10.0 Å². The highest BCUT2D eigenvalue weighted by atomic mass is 35.5. The lowest BCUT2D eigenvalue weighted by Gasteiger charge is -2.30. The number of amides is 2. The number of benzene rings is 2. The van der Waals surface area contributed by atoms with Gasteiger partial charge in [0.2, 0.25) is 11.8 Å². The molecule has 29 heavy (non-hydrogen) atoms. The van der Waals surface area contributed by atoms with Gasteiger partial charge in [0.15, 0.2) is 0 Å². The van der Waals surface area contributed by atoms with Gasteiger partial charge in [0.25, 0.3) is 0 Å². The minimum Gasteiger partial charge on any atom is -0.352 e. The fourth-order valence-corrected chi connectivity index (χ4v) is 3.24. The largest absolute Gasteiger partial charge is 0.352 e. The van der Waals surface area contributed by atoms with Crippen molar-refractivity contribution in [2.24, 2.45) is 0 Å². The van der Waals surface area contributed by atoms with Gasteiger partial charge in [-0.1, -0.05) is 66.5 Å². The Morgan fingerprint density at radius 3 is 2.31 bits per heavy atom. The summed E-state index contributed by atoms with van der Waals surface area (Å²) in [6.45, 7) is 6.01. The van der Waals surface area contributed by atoms with E-state index in [2.05, 4.69) is 5.32 Å². The minimum absolute atomic E-state index is 0.0520. The molecule has 1 N–H and O–H groups in total. The van der Waals surface area contributed by atoms with Crippen LogP contribution in [0.5, 0.6) is 0 Å². The Morgan fingerprint density at radius 2 is 1.69 bits per heavy atom. The van der Waals surface area contributed by atoms with Crippen molar-refractivity contribution < 1.29 is 9.59 Å². The highest BCUT2D eigenvalue weighted by molar-refractivity contribution is 6.42. The molecule has 0 aliphatic carbocycles. The van der Waals surface area contributed by atoms with Gasteiger partial charge in [-0.25, -0.2) is 0 Å². The smallest absolute Gasteiger partial charge is 0.242 e. The molecule has 2 rings (SSSR count). The van der Waals surface area contributed by atoms with Crippen molar-refractivity contribution in [3.8, 4) is 0 Å². The SMILES string of the molecule is CCC(C)NC(=O)C(C)N(Cc1ccc(Cl)c(Cl)c1)C(=O)CCc1ccccc1. The Kier molecular flexibility index (Phi) is 8.99. The van der Waals surface area contributed by atoms with E-state index >= 15 is 0 Å². The first kappa shape index (κ1) is 23.2. The van der Waals surface area contributed by atoms with E-state index in [0.717, 1.165) is 17.5 Å². The number of nitrogens with one attached hydrogen (secondary N) is 1. The average Bonchev–Trinajstić information content (AvgIpc) is 2.72. The molecule has 2 amide bonds. The van der Waals surface area contributed by atoms with E-state index in [1.807, 2.05) is 50.2 Å². The first-order valence-electron chi connectivity index (χ1n) is 9.89. The van der Waals surface area contributed by atoms with Crippen LogP contribution in [0.2, 0.25) is 10.0 Å². The molecule has 2 aromatic carbocycles. The van der Waals surface area contributed by atoms with Crippen molar-refractivity contribution in [3.05, 3.63) is 69.7 Å². The third kappa shape index (κ3) is 7.06. The lowest BCUT2D eigenvalue weighted by atomic mass is 10.1. The quantitative estimate of drug-likeness (QED) is 0.584. The van der Waals surface area contributed by atoms with Crippen molar-refractivity contribution in [2.75, 3.05) is 0 Å².